The molecule has 1 saturated carbocycles. The molecule has 2 aliphatic carbocycles. The van der Waals surface area contributed by atoms with Gasteiger partial charge in [0.25, 0.3) is 0 Å². The summed E-state index contributed by atoms with van der Waals surface area (Å²) in [6, 6.07) is 8.43. The molecule has 1 aromatic rings. The highest BCUT2D eigenvalue weighted by atomic mass is 16.5. The summed E-state index contributed by atoms with van der Waals surface area (Å²) < 4.78 is 5.12. The number of hydrogen-bond acceptors (Lipinski definition) is 3. The van der Waals surface area contributed by atoms with Crippen LogP contribution in [0.1, 0.15) is 30.4 Å². The van der Waals surface area contributed by atoms with Gasteiger partial charge in [-0.25, -0.2) is 0 Å². The van der Waals surface area contributed by atoms with Gasteiger partial charge in [-0.2, -0.15) is 0 Å². The van der Waals surface area contributed by atoms with Gasteiger partial charge in [0, 0.05) is 31.5 Å². The van der Waals surface area contributed by atoms with Crippen LogP contribution < -0.4 is 0 Å². The van der Waals surface area contributed by atoms with Crippen LogP contribution in [-0.2, 0) is 26.2 Å². The van der Waals surface area contributed by atoms with Crippen LogP contribution in [-0.4, -0.2) is 48.7 Å². The number of hydrogen-bond donors (Lipinski definition) is 1. The number of benzene rings is 1. The third-order valence-corrected chi connectivity index (χ3v) is 6.31. The van der Waals surface area contributed by atoms with E-state index in [0.717, 1.165) is 19.3 Å². The Morgan fingerprint density at radius 2 is 2.12 bits per heavy atom. The first-order chi connectivity index (χ1) is 11.5. The highest BCUT2D eigenvalue weighted by molar-refractivity contribution is 5.87. The van der Waals surface area contributed by atoms with Crippen LogP contribution in [0, 0.1) is 11.3 Å². The summed E-state index contributed by atoms with van der Waals surface area (Å²) in [5, 5.41) is 9.57. The minimum atomic E-state index is -0.944. The van der Waals surface area contributed by atoms with E-state index in [1.165, 1.54) is 18.2 Å². The molecule has 1 aromatic carbocycles. The van der Waals surface area contributed by atoms with Gasteiger partial charge in [0.2, 0.25) is 5.91 Å². The normalized spacial score (nSPS) is 33.7. The van der Waals surface area contributed by atoms with Gasteiger partial charge in [0.05, 0.1) is 6.61 Å². The molecule has 5 heteroatoms. The maximum Gasteiger partial charge on any atom is 0.313 e. The van der Waals surface area contributed by atoms with E-state index in [1.807, 2.05) is 0 Å². The molecule has 2 fully saturated rings. The van der Waals surface area contributed by atoms with E-state index in [1.54, 1.807) is 4.90 Å². The Labute approximate surface area is 141 Å². The topological polar surface area (TPSA) is 66.8 Å². The van der Waals surface area contributed by atoms with Crippen LogP contribution in [0.25, 0.3) is 0 Å². The quantitative estimate of drug-likeness (QED) is 0.915. The van der Waals surface area contributed by atoms with E-state index in [9.17, 15) is 14.7 Å². The van der Waals surface area contributed by atoms with Gasteiger partial charge in [-0.1, -0.05) is 24.3 Å². The molecule has 4 rings (SSSR count). The van der Waals surface area contributed by atoms with E-state index in [0.29, 0.717) is 13.0 Å². The molecule has 128 valence electrons. The molecule has 1 saturated heterocycles. The minimum absolute atomic E-state index is 0.0173. The van der Waals surface area contributed by atoms with Gasteiger partial charge in [-0.05, 0) is 36.8 Å². The average molecular weight is 329 g/mol. The first-order valence-corrected chi connectivity index (χ1v) is 8.62. The largest absolute Gasteiger partial charge is 0.481 e. The number of likely N-dealkylation sites (tertiary alicyclic amines) is 1. The number of carbonyl (C=O) groups is 2. The molecule has 1 spiro atoms. The Hall–Kier alpha value is -1.88. The highest BCUT2D eigenvalue weighted by Crippen LogP contribution is 2.62. The summed E-state index contributed by atoms with van der Waals surface area (Å²) in [6.07, 6.45) is 3.46. The second-order valence-electron chi connectivity index (χ2n) is 7.60. The van der Waals surface area contributed by atoms with Crippen molar-refractivity contribution >= 4 is 11.9 Å². The Kier molecular flexibility index (Phi) is 3.46. The van der Waals surface area contributed by atoms with Gasteiger partial charge >= 0.3 is 5.97 Å². The lowest BCUT2D eigenvalue weighted by Gasteiger charge is -2.24. The molecule has 3 atom stereocenters. The fourth-order valence-corrected chi connectivity index (χ4v) is 4.83. The molecular formula is C19H23NO4. The maximum absolute atomic E-state index is 13.0. The maximum atomic E-state index is 13.0. The van der Waals surface area contributed by atoms with Gasteiger partial charge < -0.3 is 14.7 Å². The summed E-state index contributed by atoms with van der Waals surface area (Å²) in [5.41, 5.74) is 1.78. The molecule has 1 amide bonds. The number of amides is 1. The molecule has 0 aromatic heterocycles. The molecule has 5 nitrogen and oxygen atoms in total. The van der Waals surface area contributed by atoms with E-state index in [2.05, 4.69) is 24.3 Å². The van der Waals surface area contributed by atoms with Crippen molar-refractivity contribution < 1.29 is 19.4 Å². The van der Waals surface area contributed by atoms with Crippen molar-refractivity contribution in [3.05, 3.63) is 35.4 Å². The fourth-order valence-electron chi connectivity index (χ4n) is 4.83. The Morgan fingerprint density at radius 3 is 2.88 bits per heavy atom. The van der Waals surface area contributed by atoms with Crippen molar-refractivity contribution in [3.8, 4) is 0 Å². The number of ether oxygens (including phenoxy) is 1. The van der Waals surface area contributed by atoms with Gasteiger partial charge in [-0.15, -0.1) is 0 Å². The number of methoxy groups -OCH3 is 1. The molecule has 0 bridgehead atoms. The predicted octanol–water partition coefficient (Wildman–Crippen LogP) is 1.84. The van der Waals surface area contributed by atoms with E-state index >= 15 is 0 Å². The molecule has 1 aliphatic heterocycles. The van der Waals surface area contributed by atoms with Crippen LogP contribution in [0.4, 0.5) is 0 Å². The number of fused-ring (bicyclic) bond motifs is 2. The van der Waals surface area contributed by atoms with Crippen molar-refractivity contribution in [1.29, 1.82) is 0 Å². The number of carboxylic acids is 1. The SMILES string of the molecule is COCC1(C(=O)O)CCN(C(=O)C2CC23CCc2ccccc23)C1. The van der Waals surface area contributed by atoms with Crippen molar-refractivity contribution in [2.45, 2.75) is 31.1 Å². The van der Waals surface area contributed by atoms with Crippen molar-refractivity contribution in [3.63, 3.8) is 0 Å². The standard InChI is InChI=1S/C19H23NO4/c1-24-12-18(17(22)23)8-9-20(11-18)16(21)15-10-19(15)7-6-13-4-2-3-5-14(13)19/h2-5,15H,6-12H2,1H3,(H,22,23). The van der Waals surface area contributed by atoms with Crippen LogP contribution in [0.15, 0.2) is 24.3 Å². The zero-order chi connectivity index (χ0) is 16.9. The minimum Gasteiger partial charge on any atom is -0.481 e. The van der Waals surface area contributed by atoms with Crippen molar-refractivity contribution in [2.24, 2.45) is 11.3 Å². The van der Waals surface area contributed by atoms with E-state index in [4.69, 9.17) is 4.74 Å². The Balaban J connectivity index is 1.50. The third kappa shape index (κ3) is 2.10. The summed E-state index contributed by atoms with van der Waals surface area (Å²) in [6.45, 7) is 0.941. The van der Waals surface area contributed by atoms with E-state index in [-0.39, 0.29) is 30.4 Å². The average Bonchev–Trinajstić information content (AvgIpc) is 2.95. The molecule has 1 N–H and O–H groups in total. The van der Waals surface area contributed by atoms with Crippen LogP contribution >= 0.6 is 0 Å². The van der Waals surface area contributed by atoms with Crippen LogP contribution in [0.5, 0.6) is 0 Å². The zero-order valence-electron chi connectivity index (χ0n) is 14.0. The number of aliphatic carboxylic acids is 1. The van der Waals surface area contributed by atoms with Crippen LogP contribution in [0.2, 0.25) is 0 Å². The number of aryl methyl sites for hydroxylation is 1. The lowest BCUT2D eigenvalue weighted by molar-refractivity contribution is -0.151. The zero-order valence-corrected chi connectivity index (χ0v) is 14.0. The predicted molar refractivity (Wildman–Crippen MR) is 87.7 cm³/mol. The lowest BCUT2D eigenvalue weighted by atomic mass is 9.88. The first kappa shape index (κ1) is 15.6. The van der Waals surface area contributed by atoms with Gasteiger partial charge in [0.1, 0.15) is 5.41 Å². The number of carboxylic acid groups (broad SMARTS) is 1. The molecular weight excluding hydrogens is 306 g/mol. The molecule has 24 heavy (non-hydrogen) atoms. The number of rotatable bonds is 4. The smallest absolute Gasteiger partial charge is 0.313 e. The summed E-state index contributed by atoms with van der Waals surface area (Å²) >= 11 is 0. The van der Waals surface area contributed by atoms with Crippen LogP contribution in [0.3, 0.4) is 0 Å². The molecule has 3 aliphatic rings. The van der Waals surface area contributed by atoms with Crippen molar-refractivity contribution in [2.75, 3.05) is 26.8 Å². The highest BCUT2D eigenvalue weighted by Gasteiger charge is 2.63. The van der Waals surface area contributed by atoms with Gasteiger partial charge in [0.15, 0.2) is 0 Å². The molecule has 1 heterocycles. The Bertz CT molecular complexity index is 702. The molecule has 3 unspecified atom stereocenters. The first-order valence-electron chi connectivity index (χ1n) is 8.62. The second-order valence-corrected chi connectivity index (χ2v) is 7.60. The number of nitrogens with zero attached hydrogens (tertiary/aromatic N) is 1. The van der Waals surface area contributed by atoms with Crippen molar-refractivity contribution in [1.82, 2.24) is 4.90 Å². The van der Waals surface area contributed by atoms with Gasteiger partial charge in [-0.3, -0.25) is 9.59 Å². The Morgan fingerprint density at radius 1 is 1.33 bits per heavy atom. The monoisotopic (exact) mass is 329 g/mol. The third-order valence-electron chi connectivity index (χ3n) is 6.31. The lowest BCUT2D eigenvalue weighted by Crippen LogP contribution is -2.41. The summed E-state index contributed by atoms with van der Waals surface area (Å²) in [5.74, 6) is -0.712. The molecule has 0 radical (unpaired) electrons. The second kappa shape index (κ2) is 5.31. The number of carbonyl (C=O) groups excluding carboxylic acids is 1. The summed E-state index contributed by atoms with van der Waals surface area (Å²) in [4.78, 5) is 26.4. The van der Waals surface area contributed by atoms with E-state index < -0.39 is 11.4 Å². The fraction of sp³-hybridized carbons (Fsp3) is 0.579. The summed E-state index contributed by atoms with van der Waals surface area (Å²) in [7, 11) is 1.51.